The first kappa shape index (κ1) is 16.1. The molecule has 1 aliphatic heterocycles. The molecular weight excluding hydrogens is 288 g/mol. The number of carbonyl (C=O) groups excluding carboxylic acids is 1. The molecule has 0 fully saturated rings. The maximum absolute atomic E-state index is 12.5. The largest absolute Gasteiger partial charge is 0.459 e. The Labute approximate surface area is 138 Å². The molecule has 124 valence electrons. The molecule has 0 saturated heterocycles. The van der Waals surface area contributed by atoms with Crippen LogP contribution in [0.25, 0.3) is 10.9 Å². The van der Waals surface area contributed by atoms with Crippen molar-refractivity contribution >= 4 is 16.9 Å². The first-order chi connectivity index (χ1) is 10.8. The van der Waals surface area contributed by atoms with E-state index >= 15 is 0 Å². The van der Waals surface area contributed by atoms with E-state index in [0.29, 0.717) is 11.6 Å². The van der Waals surface area contributed by atoms with E-state index in [2.05, 4.69) is 35.4 Å². The summed E-state index contributed by atoms with van der Waals surface area (Å²) in [6.45, 7) is 12.1. The van der Waals surface area contributed by atoms with Crippen LogP contribution in [0.3, 0.4) is 0 Å². The highest BCUT2D eigenvalue weighted by Gasteiger charge is 2.26. The highest BCUT2D eigenvalue weighted by Crippen LogP contribution is 2.33. The minimum atomic E-state index is -0.221. The van der Waals surface area contributed by atoms with Gasteiger partial charge in [-0.05, 0) is 57.9 Å². The first-order valence-electron chi connectivity index (χ1n) is 8.35. The van der Waals surface area contributed by atoms with Gasteiger partial charge in [-0.2, -0.15) is 0 Å². The third-order valence-corrected chi connectivity index (χ3v) is 4.84. The molecule has 0 amide bonds. The number of aryl methyl sites for hydroxylation is 1. The molecule has 1 aromatic heterocycles. The van der Waals surface area contributed by atoms with Gasteiger partial charge >= 0.3 is 5.97 Å². The number of benzene rings is 1. The lowest BCUT2D eigenvalue weighted by Gasteiger charge is -2.18. The average Bonchev–Trinajstić information content (AvgIpc) is 2.97. The summed E-state index contributed by atoms with van der Waals surface area (Å²) in [6.07, 6.45) is -0.108. The summed E-state index contributed by atoms with van der Waals surface area (Å²) < 4.78 is 7.56. The van der Waals surface area contributed by atoms with Crippen LogP contribution < -0.4 is 0 Å². The van der Waals surface area contributed by atoms with Gasteiger partial charge < -0.3 is 9.30 Å². The normalized spacial score (nSPS) is 15.0. The second-order valence-electron chi connectivity index (χ2n) is 7.11. The molecule has 0 unspecified atom stereocenters. The highest BCUT2D eigenvalue weighted by molar-refractivity contribution is 6.06. The molecule has 2 aromatic rings. The molecule has 3 rings (SSSR count). The van der Waals surface area contributed by atoms with E-state index in [4.69, 9.17) is 4.74 Å². The van der Waals surface area contributed by atoms with Gasteiger partial charge in [-0.15, -0.1) is 0 Å². The van der Waals surface area contributed by atoms with Crippen LogP contribution >= 0.6 is 0 Å². The van der Waals surface area contributed by atoms with Crippen LogP contribution in [-0.2, 0) is 24.9 Å². The number of aromatic nitrogens is 1. The van der Waals surface area contributed by atoms with Crippen LogP contribution in [-0.4, -0.2) is 27.6 Å². The second-order valence-corrected chi connectivity index (χ2v) is 7.11. The molecule has 2 heterocycles. The topological polar surface area (TPSA) is 34.5 Å². The Morgan fingerprint density at radius 3 is 2.30 bits per heavy atom. The van der Waals surface area contributed by atoms with Gasteiger partial charge in [0.25, 0.3) is 0 Å². The smallest absolute Gasteiger partial charge is 0.340 e. The zero-order chi connectivity index (χ0) is 16.9. The molecule has 0 saturated carbocycles. The van der Waals surface area contributed by atoms with Crippen molar-refractivity contribution in [3.63, 3.8) is 0 Å². The van der Waals surface area contributed by atoms with E-state index in [9.17, 15) is 4.79 Å². The second kappa shape index (κ2) is 5.68. The van der Waals surface area contributed by atoms with Gasteiger partial charge in [-0.1, -0.05) is 0 Å². The van der Waals surface area contributed by atoms with Gasteiger partial charge in [0.1, 0.15) is 0 Å². The number of nitrogens with zero attached hydrogens (tertiary/aromatic N) is 2. The van der Waals surface area contributed by atoms with Crippen molar-refractivity contribution < 1.29 is 9.53 Å². The van der Waals surface area contributed by atoms with Crippen molar-refractivity contribution in [3.8, 4) is 0 Å². The Morgan fingerprint density at radius 1 is 1.13 bits per heavy atom. The van der Waals surface area contributed by atoms with Crippen LogP contribution in [0.15, 0.2) is 12.1 Å². The molecule has 0 spiro atoms. The zero-order valence-electron chi connectivity index (χ0n) is 14.9. The summed E-state index contributed by atoms with van der Waals surface area (Å²) >= 11 is 0. The first-order valence-corrected chi connectivity index (χ1v) is 8.35. The number of rotatable bonds is 3. The number of ether oxygens (including phenoxy) is 1. The van der Waals surface area contributed by atoms with Crippen LogP contribution in [0.4, 0.5) is 0 Å². The average molecular weight is 314 g/mol. The fourth-order valence-electron chi connectivity index (χ4n) is 3.38. The Bertz CT molecular complexity index is 772. The molecule has 1 aromatic carbocycles. The summed E-state index contributed by atoms with van der Waals surface area (Å²) in [7, 11) is 2.02. The van der Waals surface area contributed by atoms with E-state index in [-0.39, 0.29) is 12.1 Å². The Morgan fingerprint density at radius 2 is 1.74 bits per heavy atom. The molecule has 0 radical (unpaired) electrons. The van der Waals surface area contributed by atoms with E-state index in [1.165, 1.54) is 11.1 Å². The van der Waals surface area contributed by atoms with E-state index in [0.717, 1.165) is 29.7 Å². The fraction of sp³-hybridized carbons (Fsp3) is 0.526. The van der Waals surface area contributed by atoms with Crippen LogP contribution in [0.1, 0.15) is 54.9 Å². The summed E-state index contributed by atoms with van der Waals surface area (Å²) in [5.74, 6) is -0.221. The molecule has 4 heteroatoms. The van der Waals surface area contributed by atoms with Crippen molar-refractivity contribution in [2.75, 3.05) is 0 Å². The predicted octanol–water partition coefficient (Wildman–Crippen LogP) is 3.78. The molecule has 1 aliphatic rings. The lowest BCUT2D eigenvalue weighted by molar-refractivity contribution is 0.0379. The summed E-state index contributed by atoms with van der Waals surface area (Å²) in [6, 6.07) is 4.96. The standard InChI is InChI=1S/C19H26N2O2/c1-11(2)21-9-14-7-16-17(8-15(14)10-21)20(6)13(5)18(16)19(22)23-12(3)4/h7-8,11-12H,9-10H2,1-6H3. The summed E-state index contributed by atoms with van der Waals surface area (Å²) in [5, 5.41) is 1.01. The summed E-state index contributed by atoms with van der Waals surface area (Å²) in [4.78, 5) is 15.0. The molecule has 23 heavy (non-hydrogen) atoms. The SMILES string of the molecule is Cc1c(C(=O)OC(C)C)c2cc3c(cc2n1C)CN(C(C)C)C3. The van der Waals surface area contributed by atoms with Crippen molar-refractivity contribution in [3.05, 3.63) is 34.5 Å². The van der Waals surface area contributed by atoms with Crippen LogP contribution in [0.5, 0.6) is 0 Å². The predicted molar refractivity (Wildman–Crippen MR) is 92.6 cm³/mol. The number of hydrogen-bond acceptors (Lipinski definition) is 3. The minimum Gasteiger partial charge on any atom is -0.459 e. The van der Waals surface area contributed by atoms with Crippen molar-refractivity contribution in [2.24, 2.45) is 7.05 Å². The van der Waals surface area contributed by atoms with Crippen molar-refractivity contribution in [1.29, 1.82) is 0 Å². The maximum Gasteiger partial charge on any atom is 0.340 e. The Hall–Kier alpha value is -1.81. The number of carbonyl (C=O) groups is 1. The van der Waals surface area contributed by atoms with E-state index < -0.39 is 0 Å². The summed E-state index contributed by atoms with van der Waals surface area (Å²) in [5.41, 5.74) is 5.49. The maximum atomic E-state index is 12.5. The van der Waals surface area contributed by atoms with Crippen molar-refractivity contribution in [1.82, 2.24) is 9.47 Å². The van der Waals surface area contributed by atoms with Gasteiger partial charge in [0, 0.05) is 42.8 Å². The molecular formula is C19H26N2O2. The number of hydrogen-bond donors (Lipinski definition) is 0. The van der Waals surface area contributed by atoms with Gasteiger partial charge in [0.2, 0.25) is 0 Å². The Balaban J connectivity index is 2.11. The minimum absolute atomic E-state index is 0.108. The van der Waals surface area contributed by atoms with E-state index in [1.54, 1.807) is 0 Å². The quantitative estimate of drug-likeness (QED) is 0.809. The lowest BCUT2D eigenvalue weighted by Crippen LogP contribution is -2.24. The van der Waals surface area contributed by atoms with Crippen molar-refractivity contribution in [2.45, 2.75) is 59.9 Å². The van der Waals surface area contributed by atoms with Gasteiger partial charge in [0.15, 0.2) is 0 Å². The number of fused-ring (bicyclic) bond motifs is 2. The molecule has 0 atom stereocenters. The van der Waals surface area contributed by atoms with Gasteiger partial charge in [-0.25, -0.2) is 4.79 Å². The van der Waals surface area contributed by atoms with Crippen LogP contribution in [0, 0.1) is 6.92 Å². The van der Waals surface area contributed by atoms with Gasteiger partial charge in [-0.3, -0.25) is 4.90 Å². The Kier molecular flexibility index (Phi) is 3.96. The monoisotopic (exact) mass is 314 g/mol. The molecule has 0 N–H and O–H groups in total. The zero-order valence-corrected chi connectivity index (χ0v) is 14.9. The molecule has 0 bridgehead atoms. The molecule has 4 nitrogen and oxygen atoms in total. The van der Waals surface area contributed by atoms with Crippen LogP contribution in [0.2, 0.25) is 0 Å². The van der Waals surface area contributed by atoms with E-state index in [1.807, 2.05) is 27.8 Å². The third kappa shape index (κ3) is 2.65. The lowest BCUT2D eigenvalue weighted by atomic mass is 10.0. The molecule has 0 aliphatic carbocycles. The fourth-order valence-corrected chi connectivity index (χ4v) is 3.38. The highest BCUT2D eigenvalue weighted by atomic mass is 16.5. The third-order valence-electron chi connectivity index (χ3n) is 4.84. The van der Waals surface area contributed by atoms with Gasteiger partial charge in [0.05, 0.1) is 11.7 Å². The number of esters is 1.